The molecule has 0 bridgehead atoms. The van der Waals surface area contributed by atoms with Gasteiger partial charge in [0.15, 0.2) is 12.3 Å². The van der Waals surface area contributed by atoms with Crippen LogP contribution < -0.4 is 0 Å². The summed E-state index contributed by atoms with van der Waals surface area (Å²) < 4.78 is 32.1. The first-order valence-electron chi connectivity index (χ1n) is 35.3. The van der Waals surface area contributed by atoms with Gasteiger partial charge in [0.2, 0.25) is 11.8 Å². The molecule has 2 amide bonds. The Kier molecular flexibility index (Phi) is 61.5. The molecule has 82 heavy (non-hydrogen) atoms. The molecule has 0 saturated heterocycles. The first kappa shape index (κ1) is 81.7. The number of carbonyl (C=O) groups is 4. The van der Waals surface area contributed by atoms with E-state index in [1.54, 1.807) is 6.92 Å². The van der Waals surface area contributed by atoms with E-state index < -0.39 is 24.3 Å². The van der Waals surface area contributed by atoms with Gasteiger partial charge < -0.3 is 29.4 Å². The number of carbonyl (C=O) groups excluding carboxylic acids is 3. The Bertz CT molecular complexity index is 1410. The van der Waals surface area contributed by atoms with Crippen LogP contribution in [0.15, 0.2) is 0 Å². The number of ether oxygens (including phenoxy) is 1. The molecule has 0 heterocycles. The van der Waals surface area contributed by atoms with Gasteiger partial charge in [-0.1, -0.05) is 246 Å². The topological polar surface area (TPSA) is 111 Å². The zero-order valence-electron chi connectivity index (χ0n) is 55.8. The van der Waals surface area contributed by atoms with Crippen LogP contribution in [0, 0.1) is 0 Å². The molecule has 0 fully saturated rings. The molecule has 4 atom stereocenters. The zero-order chi connectivity index (χ0) is 61.1. The van der Waals surface area contributed by atoms with Crippen molar-refractivity contribution in [2.75, 3.05) is 61.0 Å². The highest BCUT2D eigenvalue weighted by Crippen LogP contribution is 2.24. The third kappa shape index (κ3) is 53.2. The van der Waals surface area contributed by atoms with Gasteiger partial charge in [0.25, 0.3) is 0 Å². The fourth-order valence-corrected chi connectivity index (χ4v) is 11.4. The first-order chi connectivity index (χ1) is 39.7. The Labute approximate surface area is 507 Å². The maximum atomic E-state index is 14.0. The van der Waals surface area contributed by atoms with Gasteiger partial charge in [0.1, 0.15) is 0 Å². The minimum absolute atomic E-state index is 0.103. The van der Waals surface area contributed by atoms with Crippen molar-refractivity contribution >= 4 is 23.8 Å². The van der Waals surface area contributed by atoms with Crippen LogP contribution in [0.5, 0.6) is 0 Å². The van der Waals surface area contributed by atoms with Gasteiger partial charge in [-0.2, -0.15) is 0 Å². The molecule has 1 N–H and O–H groups in total. The van der Waals surface area contributed by atoms with Crippen LogP contribution in [0.3, 0.4) is 0 Å². The second-order valence-electron chi connectivity index (χ2n) is 25.1. The third-order valence-corrected chi connectivity index (χ3v) is 16.6. The summed E-state index contributed by atoms with van der Waals surface area (Å²) in [7, 11) is 8.27. The Hall–Kier alpha value is -2.34. The number of nitrogens with zero attached hydrogens (tertiary/aromatic N) is 4. The Morgan fingerprint density at radius 2 is 0.598 bits per heavy atom. The molecule has 4 unspecified atom stereocenters. The second kappa shape index (κ2) is 61.7. The lowest BCUT2D eigenvalue weighted by Crippen LogP contribution is -2.41. The third-order valence-electron chi connectivity index (χ3n) is 16.6. The zero-order valence-corrected chi connectivity index (χ0v) is 55.8. The fraction of sp³-hybridized carbons (Fsp3) is 0.943. The van der Waals surface area contributed by atoms with E-state index in [9.17, 15) is 28.0 Å². The predicted octanol–water partition coefficient (Wildman–Crippen LogP) is 19.6. The number of carboxylic acid groups (broad SMARTS) is 1. The number of rotatable bonds is 61. The summed E-state index contributed by atoms with van der Waals surface area (Å²) in [5.41, 5.74) is 0. The lowest BCUT2D eigenvalue weighted by Gasteiger charge is -2.33. The van der Waals surface area contributed by atoms with Gasteiger partial charge in [-0.05, 0) is 125 Å². The molecule has 488 valence electrons. The molecule has 10 nitrogen and oxygen atoms in total. The Morgan fingerprint density at radius 3 is 0.866 bits per heavy atom. The molecule has 0 aliphatic rings. The van der Waals surface area contributed by atoms with Crippen LogP contribution in [-0.2, 0) is 23.9 Å². The van der Waals surface area contributed by atoms with Gasteiger partial charge in [-0.3, -0.25) is 9.59 Å². The number of hydrogen-bond donors (Lipinski definition) is 1. The number of alkyl halides is 2. The van der Waals surface area contributed by atoms with Crippen molar-refractivity contribution < 1.29 is 37.8 Å². The van der Waals surface area contributed by atoms with Crippen molar-refractivity contribution in [3.63, 3.8) is 0 Å². The summed E-state index contributed by atoms with van der Waals surface area (Å²) >= 11 is 0. The van der Waals surface area contributed by atoms with Gasteiger partial charge in [0.05, 0.1) is 6.61 Å². The summed E-state index contributed by atoms with van der Waals surface area (Å²) in [5.74, 6) is -1.42. The van der Waals surface area contributed by atoms with Crippen LogP contribution in [0.25, 0.3) is 0 Å². The molecule has 0 rings (SSSR count). The highest BCUT2D eigenvalue weighted by Gasteiger charge is 2.25. The van der Waals surface area contributed by atoms with Crippen molar-refractivity contribution in [2.24, 2.45) is 0 Å². The Morgan fingerprint density at radius 1 is 0.341 bits per heavy atom. The van der Waals surface area contributed by atoms with Crippen molar-refractivity contribution in [1.82, 2.24) is 19.6 Å². The quantitative estimate of drug-likeness (QED) is 0.0474. The molecular weight excluding hydrogens is 1030 g/mol. The lowest BCUT2D eigenvalue weighted by atomic mass is 9.97. The summed E-state index contributed by atoms with van der Waals surface area (Å²) in [4.78, 5) is 58.2. The monoisotopic (exact) mass is 1170 g/mol. The second-order valence-corrected chi connectivity index (χ2v) is 25.1. The summed E-state index contributed by atoms with van der Waals surface area (Å²) in [6.45, 7) is 14.6. The molecule has 0 saturated carbocycles. The van der Waals surface area contributed by atoms with Crippen molar-refractivity contribution in [1.29, 1.82) is 0 Å². The summed E-state index contributed by atoms with van der Waals surface area (Å²) in [6.07, 6.45) is 49.9. The van der Waals surface area contributed by atoms with Crippen LogP contribution in [-0.4, -0.2) is 134 Å². The fourth-order valence-electron chi connectivity index (χ4n) is 11.4. The van der Waals surface area contributed by atoms with E-state index in [0.29, 0.717) is 49.6 Å². The Balaban J connectivity index is 0. The van der Waals surface area contributed by atoms with E-state index in [4.69, 9.17) is 9.84 Å². The largest absolute Gasteiger partial charge is 0.479 e. The van der Waals surface area contributed by atoms with E-state index >= 15 is 0 Å². The summed E-state index contributed by atoms with van der Waals surface area (Å²) in [6, 6.07) is 0.602. The molecule has 0 aliphatic heterocycles. The van der Waals surface area contributed by atoms with E-state index in [1.165, 1.54) is 180 Å². The molecule has 0 spiro atoms. The lowest BCUT2D eigenvalue weighted by molar-refractivity contribution is -0.149. The predicted molar refractivity (Wildman–Crippen MR) is 346 cm³/mol. The van der Waals surface area contributed by atoms with Crippen LogP contribution >= 0.6 is 0 Å². The van der Waals surface area contributed by atoms with Gasteiger partial charge in [-0.25, -0.2) is 18.4 Å². The number of halogens is 2. The molecule has 0 aromatic heterocycles. The SMILES string of the molecule is CCCCCCCCCCN(C(=O)CCCN(C)C)C(CCCCCCCCC)CCCCCCC(F)C(=O)O.CCCCCCCCCCN(C(=O)CCCN(C)C)C(CCCCCCCCC)CCCCCCC(F)C(=O)OCC. The van der Waals surface area contributed by atoms with E-state index in [-0.39, 0.29) is 19.4 Å². The van der Waals surface area contributed by atoms with Crippen molar-refractivity contribution in [2.45, 2.75) is 367 Å². The number of amides is 2. The highest BCUT2D eigenvalue weighted by molar-refractivity contribution is 5.77. The minimum atomic E-state index is -1.74. The van der Waals surface area contributed by atoms with E-state index in [1.807, 2.05) is 0 Å². The molecule has 12 heteroatoms. The van der Waals surface area contributed by atoms with E-state index in [0.717, 1.165) is 116 Å². The molecule has 0 radical (unpaired) electrons. The number of aliphatic carboxylic acids is 1. The van der Waals surface area contributed by atoms with Gasteiger partial charge in [-0.15, -0.1) is 0 Å². The molecular formula is C70H138F2N4O6. The van der Waals surface area contributed by atoms with E-state index in [2.05, 4.69) is 75.5 Å². The maximum absolute atomic E-state index is 14.0. The van der Waals surface area contributed by atoms with Gasteiger partial charge >= 0.3 is 11.9 Å². The molecule has 0 aromatic carbocycles. The van der Waals surface area contributed by atoms with Crippen molar-refractivity contribution in [3.8, 4) is 0 Å². The minimum Gasteiger partial charge on any atom is -0.479 e. The normalized spacial score (nSPS) is 13.0. The maximum Gasteiger partial charge on any atom is 0.340 e. The number of carboxylic acids is 1. The van der Waals surface area contributed by atoms with Crippen LogP contribution in [0.4, 0.5) is 8.78 Å². The molecule has 0 aliphatic carbocycles. The standard InChI is InChI=1S/C36H71FN2O3.C34H67FN2O3/c1-6-9-11-13-15-17-21-25-32-39(35(40)30-26-31-38(4)5)33(27-22-18-16-14-12-10-7-2)28-23-19-20-24-29-34(37)36(41)42-8-3;1-5-7-9-11-13-15-19-23-30-37(33(38)28-24-29-36(3)4)31(25-20-16-14-12-10-8-6-2)26-21-17-18-22-27-32(35)34(39)40/h33-34H,6-32H2,1-5H3;31-32H,5-30H2,1-4H3,(H,39,40). The number of esters is 1. The summed E-state index contributed by atoms with van der Waals surface area (Å²) in [5, 5.41) is 8.76. The van der Waals surface area contributed by atoms with Crippen LogP contribution in [0.2, 0.25) is 0 Å². The average molecular weight is 1170 g/mol. The number of unbranched alkanes of at least 4 members (excludes halogenated alkanes) is 32. The smallest absolute Gasteiger partial charge is 0.340 e. The van der Waals surface area contributed by atoms with Gasteiger partial charge in [0, 0.05) is 38.0 Å². The number of hydrogen-bond acceptors (Lipinski definition) is 7. The van der Waals surface area contributed by atoms with Crippen LogP contribution in [0.1, 0.15) is 343 Å². The van der Waals surface area contributed by atoms with Crippen molar-refractivity contribution in [3.05, 3.63) is 0 Å². The average Bonchev–Trinajstić information content (AvgIpc) is 3.50. The first-order valence-corrected chi connectivity index (χ1v) is 35.3. The highest BCUT2D eigenvalue weighted by atomic mass is 19.1. The molecule has 0 aromatic rings.